The van der Waals surface area contributed by atoms with Gasteiger partial charge in [-0.05, 0) is 61.0 Å². The third kappa shape index (κ3) is 3.37. The fourth-order valence-electron chi connectivity index (χ4n) is 2.96. The van der Waals surface area contributed by atoms with Gasteiger partial charge in [-0.25, -0.2) is 4.79 Å². The molecule has 0 atom stereocenters. The standard InChI is InChI=1S/C17H20BrN3O3S/c1-4-24-17(23)12-10-7-5-6-8-11(10)25-16(12)19-15(22)14-13(18)9(2)21(3)20-14/h4-8H2,1-3H3,(H,19,22). The number of esters is 1. The molecule has 2 aromatic heterocycles. The first-order valence-electron chi connectivity index (χ1n) is 8.26. The average Bonchev–Trinajstić information content (AvgIpc) is 3.07. The van der Waals surface area contributed by atoms with Crippen molar-refractivity contribution < 1.29 is 14.3 Å². The quantitative estimate of drug-likeness (QED) is 0.754. The van der Waals surface area contributed by atoms with E-state index in [2.05, 4.69) is 26.3 Å². The van der Waals surface area contributed by atoms with Gasteiger partial charge in [-0.15, -0.1) is 11.3 Å². The van der Waals surface area contributed by atoms with Gasteiger partial charge in [0.05, 0.1) is 22.3 Å². The van der Waals surface area contributed by atoms with Crippen LogP contribution in [-0.4, -0.2) is 28.3 Å². The lowest BCUT2D eigenvalue weighted by Crippen LogP contribution is -2.16. The van der Waals surface area contributed by atoms with E-state index in [-0.39, 0.29) is 11.9 Å². The Labute approximate surface area is 158 Å². The Bertz CT molecular complexity index is 841. The minimum Gasteiger partial charge on any atom is -0.462 e. The Morgan fingerprint density at radius 1 is 1.36 bits per heavy atom. The van der Waals surface area contributed by atoms with Crippen molar-refractivity contribution in [2.75, 3.05) is 11.9 Å². The fourth-order valence-corrected chi connectivity index (χ4v) is 4.75. The summed E-state index contributed by atoms with van der Waals surface area (Å²) in [7, 11) is 1.78. The molecule has 0 unspecified atom stereocenters. The van der Waals surface area contributed by atoms with Gasteiger partial charge in [-0.3, -0.25) is 9.48 Å². The molecule has 0 fully saturated rings. The van der Waals surface area contributed by atoms with E-state index in [9.17, 15) is 9.59 Å². The number of carbonyl (C=O) groups excluding carboxylic acids is 2. The number of carbonyl (C=O) groups is 2. The average molecular weight is 426 g/mol. The van der Waals surface area contributed by atoms with Gasteiger partial charge in [-0.1, -0.05) is 0 Å². The van der Waals surface area contributed by atoms with Crippen LogP contribution in [-0.2, 0) is 24.6 Å². The third-order valence-corrected chi connectivity index (χ3v) is 6.51. The zero-order chi connectivity index (χ0) is 18.1. The molecule has 0 spiro atoms. The van der Waals surface area contributed by atoms with Crippen LogP contribution in [0.1, 0.15) is 56.7 Å². The number of amides is 1. The van der Waals surface area contributed by atoms with Gasteiger partial charge in [0.1, 0.15) is 5.00 Å². The number of rotatable bonds is 4. The second-order valence-electron chi connectivity index (χ2n) is 5.96. The third-order valence-electron chi connectivity index (χ3n) is 4.35. The summed E-state index contributed by atoms with van der Waals surface area (Å²) in [6, 6.07) is 0. The molecule has 0 radical (unpaired) electrons. The van der Waals surface area contributed by atoms with Gasteiger partial charge in [0.25, 0.3) is 5.91 Å². The van der Waals surface area contributed by atoms with Gasteiger partial charge in [0.15, 0.2) is 5.69 Å². The SMILES string of the molecule is CCOC(=O)c1c(NC(=O)c2nn(C)c(C)c2Br)sc2c1CCCC2. The molecule has 0 saturated heterocycles. The van der Waals surface area contributed by atoms with Crippen LogP contribution < -0.4 is 5.32 Å². The van der Waals surface area contributed by atoms with Gasteiger partial charge in [0.2, 0.25) is 0 Å². The number of nitrogens with zero attached hydrogens (tertiary/aromatic N) is 2. The van der Waals surface area contributed by atoms with Crippen molar-refractivity contribution in [2.24, 2.45) is 7.05 Å². The van der Waals surface area contributed by atoms with Crippen LogP contribution in [0.2, 0.25) is 0 Å². The monoisotopic (exact) mass is 425 g/mol. The maximum atomic E-state index is 12.7. The van der Waals surface area contributed by atoms with Gasteiger partial charge in [-0.2, -0.15) is 5.10 Å². The number of aryl methyl sites for hydroxylation is 2. The summed E-state index contributed by atoms with van der Waals surface area (Å²) in [5, 5.41) is 7.68. The van der Waals surface area contributed by atoms with Crippen LogP contribution in [0, 0.1) is 6.92 Å². The summed E-state index contributed by atoms with van der Waals surface area (Å²) in [6.07, 6.45) is 3.94. The van der Waals surface area contributed by atoms with Crippen LogP contribution in [0.15, 0.2) is 4.47 Å². The lowest BCUT2D eigenvalue weighted by Gasteiger charge is -2.12. The van der Waals surface area contributed by atoms with Crippen LogP contribution in [0.3, 0.4) is 0 Å². The van der Waals surface area contributed by atoms with E-state index in [1.165, 1.54) is 16.2 Å². The van der Waals surface area contributed by atoms with Crippen LogP contribution >= 0.6 is 27.3 Å². The van der Waals surface area contributed by atoms with Crippen molar-refractivity contribution in [2.45, 2.75) is 39.5 Å². The number of hydrogen-bond acceptors (Lipinski definition) is 5. The molecule has 6 nitrogen and oxygen atoms in total. The number of hydrogen-bond donors (Lipinski definition) is 1. The summed E-state index contributed by atoms with van der Waals surface area (Å²) in [5.74, 6) is -0.701. The van der Waals surface area contributed by atoms with Crippen LogP contribution in [0.4, 0.5) is 5.00 Å². The number of ether oxygens (including phenoxy) is 1. The van der Waals surface area contributed by atoms with Gasteiger partial charge < -0.3 is 10.1 Å². The first-order chi connectivity index (χ1) is 11.9. The van der Waals surface area contributed by atoms with Crippen molar-refractivity contribution in [3.8, 4) is 0 Å². The summed E-state index contributed by atoms with van der Waals surface area (Å²) < 4.78 is 7.52. The van der Waals surface area contributed by atoms with Crippen LogP contribution in [0.25, 0.3) is 0 Å². The van der Waals surface area contributed by atoms with E-state index < -0.39 is 0 Å². The Morgan fingerprint density at radius 2 is 2.08 bits per heavy atom. The highest BCUT2D eigenvalue weighted by Gasteiger charge is 2.28. The minimum atomic E-state index is -0.367. The van der Waals surface area contributed by atoms with Crippen LogP contribution in [0.5, 0.6) is 0 Å². The first-order valence-corrected chi connectivity index (χ1v) is 9.87. The normalized spacial score (nSPS) is 13.4. The number of thiophene rings is 1. The van der Waals surface area contributed by atoms with Crippen molar-refractivity contribution in [1.82, 2.24) is 9.78 Å². The van der Waals surface area contributed by atoms with E-state index in [1.807, 2.05) is 6.92 Å². The first kappa shape index (κ1) is 18.1. The molecule has 2 heterocycles. The maximum absolute atomic E-state index is 12.7. The maximum Gasteiger partial charge on any atom is 0.341 e. The van der Waals surface area contributed by atoms with E-state index in [4.69, 9.17) is 4.74 Å². The van der Waals surface area contributed by atoms with E-state index in [0.717, 1.165) is 36.9 Å². The molecule has 0 bridgehead atoms. The highest BCUT2D eigenvalue weighted by Crippen LogP contribution is 2.39. The second-order valence-corrected chi connectivity index (χ2v) is 7.86. The largest absolute Gasteiger partial charge is 0.462 e. The van der Waals surface area contributed by atoms with Gasteiger partial charge >= 0.3 is 5.97 Å². The fraction of sp³-hybridized carbons (Fsp3) is 0.471. The summed E-state index contributed by atoms with van der Waals surface area (Å²) in [5.41, 5.74) is 2.71. The lowest BCUT2D eigenvalue weighted by atomic mass is 9.95. The minimum absolute atomic E-state index is 0.307. The predicted octanol–water partition coefficient (Wildman–Crippen LogP) is 3.86. The number of nitrogens with one attached hydrogen (secondary N) is 1. The Balaban J connectivity index is 1.96. The van der Waals surface area contributed by atoms with E-state index in [1.54, 1.807) is 18.7 Å². The molecule has 0 aromatic carbocycles. The molecular weight excluding hydrogens is 406 g/mol. The molecule has 1 aliphatic rings. The predicted molar refractivity (Wildman–Crippen MR) is 101 cm³/mol. The number of anilines is 1. The topological polar surface area (TPSA) is 73.2 Å². The highest BCUT2D eigenvalue weighted by molar-refractivity contribution is 9.10. The number of halogens is 1. The molecule has 1 aliphatic carbocycles. The molecule has 134 valence electrons. The molecule has 1 amide bonds. The molecule has 1 N–H and O–H groups in total. The van der Waals surface area contributed by atoms with Crippen molar-refractivity contribution >= 4 is 44.1 Å². The van der Waals surface area contributed by atoms with Crippen molar-refractivity contribution in [3.63, 3.8) is 0 Å². The summed E-state index contributed by atoms with van der Waals surface area (Å²) in [6.45, 7) is 3.96. The molecule has 2 aromatic rings. The van der Waals surface area contributed by atoms with Crippen molar-refractivity contribution in [1.29, 1.82) is 0 Å². The van der Waals surface area contributed by atoms with E-state index >= 15 is 0 Å². The molecule has 0 saturated carbocycles. The molecule has 3 rings (SSSR count). The Hall–Kier alpha value is -1.67. The molecule has 8 heteroatoms. The Kier molecular flexibility index (Phi) is 5.29. The van der Waals surface area contributed by atoms with Crippen molar-refractivity contribution in [3.05, 3.63) is 31.9 Å². The number of aromatic nitrogens is 2. The van der Waals surface area contributed by atoms with E-state index in [0.29, 0.717) is 27.3 Å². The summed E-state index contributed by atoms with van der Waals surface area (Å²) >= 11 is 4.89. The zero-order valence-corrected chi connectivity index (χ0v) is 16.8. The smallest absolute Gasteiger partial charge is 0.341 e. The second kappa shape index (κ2) is 7.29. The summed E-state index contributed by atoms with van der Waals surface area (Å²) in [4.78, 5) is 26.3. The highest BCUT2D eigenvalue weighted by atomic mass is 79.9. The molecule has 25 heavy (non-hydrogen) atoms. The molecule has 0 aliphatic heterocycles. The zero-order valence-electron chi connectivity index (χ0n) is 14.4. The van der Waals surface area contributed by atoms with Gasteiger partial charge in [0, 0.05) is 11.9 Å². The molecular formula is C17H20BrN3O3S. The number of fused-ring (bicyclic) bond motifs is 1. The lowest BCUT2D eigenvalue weighted by molar-refractivity contribution is 0.0526. The Morgan fingerprint density at radius 3 is 2.72 bits per heavy atom.